The Balaban J connectivity index is -0.0000000486. The lowest BCUT2D eigenvalue weighted by Gasteiger charge is -1.89. The first-order chi connectivity index (χ1) is 48.9. The number of aliphatic hydroxyl groups is 16. The molecule has 0 aliphatic heterocycles. The van der Waals surface area contributed by atoms with Gasteiger partial charge in [0.1, 0.15) is 0 Å². The molecule has 0 aliphatic carbocycles. The lowest BCUT2D eigenvalue weighted by atomic mass is 10.2. The molecule has 8 aromatic rings. The molecule has 0 bridgehead atoms. The van der Waals surface area contributed by atoms with Gasteiger partial charge in [0.15, 0.2) is 0 Å². The fraction of sp³-hybridized carbons (Fsp3) is 0.400. The van der Waals surface area contributed by atoms with E-state index in [2.05, 4.69) is 250 Å². The lowest BCUT2D eigenvalue weighted by molar-refractivity contribution is 0.399. The zero-order chi connectivity index (χ0) is 81.3. The van der Waals surface area contributed by atoms with Gasteiger partial charge in [0.25, 0.3) is 0 Å². The van der Waals surface area contributed by atoms with E-state index < -0.39 is 9.79 Å². The van der Waals surface area contributed by atoms with E-state index in [1.807, 2.05) is 48.5 Å². The van der Waals surface area contributed by atoms with E-state index in [4.69, 9.17) is 84.3 Å². The standard InChI is InChI=1S/8C8H10.16CH4O.H3P/c8*1-2-8-6-4-3-5-7-8;16*1-2;/h8*3-7H,2H2,1H3;16*2H,1H3;1H3/i;;;;;;;;;;;;;;;;;;;;;;;;1D2. The molecular weight excluding hydrogens is 1250 g/mol. The van der Waals surface area contributed by atoms with Crippen molar-refractivity contribution in [2.75, 3.05) is 114 Å². The van der Waals surface area contributed by atoms with Crippen molar-refractivity contribution in [1.29, 1.82) is 2.56 Å². The van der Waals surface area contributed by atoms with Gasteiger partial charge >= 0.3 is 0 Å². The van der Waals surface area contributed by atoms with Gasteiger partial charge in [0.2, 0.25) is 0 Å². The Morgan fingerprint density at radius 2 is 0.206 bits per heavy atom. The smallest absolute Gasteiger partial charge is 0.0511 e. The minimum absolute atomic E-state index is 0.417. The van der Waals surface area contributed by atoms with Gasteiger partial charge < -0.3 is 81.7 Å². The molecule has 0 aromatic heterocycles. The summed E-state index contributed by atoms with van der Waals surface area (Å²) in [5, 5.41) is 112. The molecule has 0 unspecified atom stereocenters. The van der Waals surface area contributed by atoms with Gasteiger partial charge in [0, 0.05) is 114 Å². The molecule has 8 aromatic carbocycles. The SMILES string of the molecule is CCc1ccccc1.CCc1ccccc1.CCc1ccccc1.CCc1ccccc1.CCc1ccccc1.CCc1ccccc1.CCc1ccccc1.CCc1ccccc1.CO.CO.CO.CO.CO.CO.CO.CO.CO.CO.CO.CO.CO.CO.CO.CO.[2H]P[2H]. The van der Waals surface area contributed by atoms with Crippen molar-refractivity contribution in [3.63, 3.8) is 0 Å². The average molecular weight is 1400 g/mol. The van der Waals surface area contributed by atoms with Crippen LogP contribution in [0.15, 0.2) is 243 Å². The Labute approximate surface area is 599 Å². The highest BCUT2D eigenvalue weighted by Crippen LogP contribution is 2.02. The molecule has 17 heteroatoms. The molecule has 0 aliphatic rings. The van der Waals surface area contributed by atoms with Crippen molar-refractivity contribution in [2.45, 2.75) is 107 Å². The number of aryl methyl sites for hydroxylation is 8. The molecule has 568 valence electrons. The minimum atomic E-state index is -0.417. The third-order valence-electron chi connectivity index (χ3n) is 10.0. The number of rotatable bonds is 8. The highest BCUT2D eigenvalue weighted by molar-refractivity contribution is 6.92. The van der Waals surface area contributed by atoms with Gasteiger partial charge in [-0.15, -0.1) is 0 Å². The maximum Gasteiger partial charge on any atom is 0.0511 e. The molecule has 0 saturated heterocycles. The molecule has 97 heavy (non-hydrogen) atoms. The fourth-order valence-electron chi connectivity index (χ4n) is 5.71. The Morgan fingerprint density at radius 3 is 0.237 bits per heavy atom. The molecule has 0 fully saturated rings. The van der Waals surface area contributed by atoms with Gasteiger partial charge in [-0.1, -0.05) is 298 Å². The second-order valence-electron chi connectivity index (χ2n) is 14.7. The molecule has 0 amide bonds. The first kappa shape index (κ1) is 127. The molecule has 16 N–H and O–H groups in total. The van der Waals surface area contributed by atoms with E-state index in [-0.39, 0.29) is 0 Å². The zero-order valence-corrected chi connectivity index (χ0v) is 65.4. The summed E-state index contributed by atoms with van der Waals surface area (Å²) in [6.45, 7) is 17.3. The van der Waals surface area contributed by atoms with Crippen LogP contribution >= 0.6 is 9.79 Å². The molecule has 0 spiro atoms. The normalized spacial score (nSPS) is 7.22. The molecule has 16 nitrogen and oxygen atoms in total. The predicted octanol–water partition coefficient (Wildman–Crippen LogP) is 11.8. The summed E-state index contributed by atoms with van der Waals surface area (Å²) in [4.78, 5) is 0. The van der Waals surface area contributed by atoms with E-state index in [9.17, 15) is 0 Å². The van der Waals surface area contributed by atoms with Crippen LogP contribution in [0.4, 0.5) is 0 Å². The van der Waals surface area contributed by atoms with Crippen LogP contribution in [0.3, 0.4) is 0 Å². The Hall–Kier alpha value is -6.45. The van der Waals surface area contributed by atoms with Crippen LogP contribution in [-0.2, 0) is 51.4 Å². The van der Waals surface area contributed by atoms with Crippen LogP contribution in [0.5, 0.6) is 0 Å². The molecular formula is C80H147O16P. The van der Waals surface area contributed by atoms with E-state index >= 15 is 0 Å². The Bertz CT molecular complexity index is 1710. The summed E-state index contributed by atoms with van der Waals surface area (Å²) >= 11 is 0. The Morgan fingerprint density at radius 1 is 0.155 bits per heavy atom. The maximum atomic E-state index is 7.00. The number of benzene rings is 8. The third-order valence-corrected chi connectivity index (χ3v) is 10.0. The average Bonchev–Trinajstić information content (AvgIpc) is 3.96. The van der Waals surface area contributed by atoms with E-state index in [0.717, 1.165) is 165 Å². The topological polar surface area (TPSA) is 324 Å². The van der Waals surface area contributed by atoms with Crippen molar-refractivity contribution in [2.24, 2.45) is 0 Å². The largest absolute Gasteiger partial charge is 0.400 e. The van der Waals surface area contributed by atoms with Crippen LogP contribution in [0.25, 0.3) is 0 Å². The van der Waals surface area contributed by atoms with Crippen molar-refractivity contribution in [1.82, 2.24) is 0 Å². The monoisotopic (exact) mass is 1400 g/mol. The summed E-state index contributed by atoms with van der Waals surface area (Å²) in [6, 6.07) is 83.6. The molecule has 0 saturated carbocycles. The second kappa shape index (κ2) is 163. The predicted molar refractivity (Wildman–Crippen MR) is 428 cm³/mol. The summed E-state index contributed by atoms with van der Waals surface area (Å²) in [5.41, 5.74) is 11.3. The summed E-state index contributed by atoms with van der Waals surface area (Å²) < 4.78 is 11.8. The van der Waals surface area contributed by atoms with Gasteiger partial charge in [-0.2, -0.15) is 9.79 Å². The molecule has 0 atom stereocenters. The Kier molecular flexibility index (Phi) is 214. The van der Waals surface area contributed by atoms with Crippen LogP contribution in [0.1, 0.15) is 99.9 Å². The van der Waals surface area contributed by atoms with E-state index in [1.54, 1.807) is 0 Å². The number of hydrogen-bond donors (Lipinski definition) is 16. The zero-order valence-electron chi connectivity index (χ0n) is 66.4. The first-order valence-electron chi connectivity index (χ1n) is 31.9. The van der Waals surface area contributed by atoms with Crippen LogP contribution in [0, 0.1) is 0 Å². The highest BCUT2D eigenvalue weighted by atomic mass is 31.0. The highest BCUT2D eigenvalue weighted by Gasteiger charge is 1.85. The van der Waals surface area contributed by atoms with Crippen LogP contribution < -0.4 is 0 Å². The molecule has 0 radical (unpaired) electrons. The van der Waals surface area contributed by atoms with Gasteiger partial charge in [-0.3, -0.25) is 0 Å². The molecule has 0 heterocycles. The van der Waals surface area contributed by atoms with Crippen molar-refractivity contribution in [3.8, 4) is 0 Å². The number of hydrogen-bond acceptors (Lipinski definition) is 16. The van der Waals surface area contributed by atoms with Crippen molar-refractivity contribution < 1.29 is 81.7 Å². The quantitative estimate of drug-likeness (QED) is 0.0629. The van der Waals surface area contributed by atoms with Gasteiger partial charge in [0.05, 0.1) is 2.56 Å². The van der Waals surface area contributed by atoms with E-state index in [0.29, 0.717) is 0 Å². The summed E-state index contributed by atoms with van der Waals surface area (Å²) in [5.74, 6) is 0. The van der Waals surface area contributed by atoms with Crippen molar-refractivity contribution >= 4 is 9.79 Å². The first-order valence-corrected chi connectivity index (χ1v) is 30.9. The summed E-state index contributed by atoms with van der Waals surface area (Å²) in [7, 11) is 15.6. The second-order valence-corrected chi connectivity index (χ2v) is 14.7. The van der Waals surface area contributed by atoms with Crippen LogP contribution in [-0.4, -0.2) is 198 Å². The molecule has 8 rings (SSSR count). The van der Waals surface area contributed by atoms with Crippen molar-refractivity contribution in [3.05, 3.63) is 287 Å². The lowest BCUT2D eigenvalue weighted by Crippen LogP contribution is -1.73. The summed E-state index contributed by atoms with van der Waals surface area (Å²) in [6.07, 6.45) is 9.12. The minimum Gasteiger partial charge on any atom is -0.400 e. The third kappa shape index (κ3) is 127. The fourth-order valence-corrected chi connectivity index (χ4v) is 5.71. The number of aliphatic hydroxyl groups excluding tert-OH is 16. The van der Waals surface area contributed by atoms with Crippen LogP contribution in [0.2, 0.25) is 0 Å². The maximum absolute atomic E-state index is 7.00. The van der Waals surface area contributed by atoms with E-state index in [1.165, 1.54) is 44.5 Å². The van der Waals surface area contributed by atoms with Gasteiger partial charge in [-0.05, 0) is 95.9 Å². The van der Waals surface area contributed by atoms with Gasteiger partial charge in [-0.25, -0.2) is 0 Å².